The highest BCUT2D eigenvalue weighted by atomic mass is 35.5. The van der Waals surface area contributed by atoms with Gasteiger partial charge in [-0.2, -0.15) is 0 Å². The van der Waals surface area contributed by atoms with Crippen molar-refractivity contribution < 1.29 is 9.88 Å². The van der Waals surface area contributed by atoms with Gasteiger partial charge in [-0.3, -0.25) is 0 Å². The number of halogens is 2. The number of fused-ring (bicyclic) bond motifs is 1. The summed E-state index contributed by atoms with van der Waals surface area (Å²) in [6, 6.07) is 16.4. The van der Waals surface area contributed by atoms with Gasteiger partial charge in [-0.1, -0.05) is 41.4 Å². The van der Waals surface area contributed by atoms with Crippen molar-refractivity contribution in [2.24, 2.45) is 0 Å². The van der Waals surface area contributed by atoms with Gasteiger partial charge in [-0.05, 0) is 63.5 Å². The molecule has 0 saturated carbocycles. The van der Waals surface area contributed by atoms with E-state index < -0.39 is 0 Å². The molecule has 3 nitrogen and oxygen atoms in total. The third-order valence-corrected chi connectivity index (χ3v) is 6.35. The maximum Gasteiger partial charge on any atom is 0.214 e. The predicted octanol–water partition coefficient (Wildman–Crippen LogP) is 5.64. The van der Waals surface area contributed by atoms with Crippen LogP contribution in [0.15, 0.2) is 48.5 Å². The first-order valence-electron chi connectivity index (χ1n) is 11.2. The van der Waals surface area contributed by atoms with Gasteiger partial charge in [-0.25, -0.2) is 4.98 Å². The van der Waals surface area contributed by atoms with Crippen molar-refractivity contribution in [3.63, 3.8) is 0 Å². The van der Waals surface area contributed by atoms with Crippen LogP contribution >= 0.6 is 23.2 Å². The summed E-state index contributed by atoms with van der Waals surface area (Å²) in [5, 5.41) is 6.33. The Labute approximate surface area is 196 Å². The Balaban J connectivity index is 1.81. The number of hydrogen-bond donors (Lipinski definition) is 2. The molecule has 0 aliphatic carbocycles. The van der Waals surface area contributed by atoms with Gasteiger partial charge in [0.15, 0.2) is 0 Å². The molecule has 3 rings (SSSR count). The van der Waals surface area contributed by atoms with E-state index in [0.29, 0.717) is 6.04 Å². The third kappa shape index (κ3) is 6.70. The minimum absolute atomic E-state index is 0.386. The third-order valence-electron chi connectivity index (χ3n) is 5.77. The second-order valence-corrected chi connectivity index (χ2v) is 8.92. The van der Waals surface area contributed by atoms with E-state index in [1.165, 1.54) is 26.1 Å². The van der Waals surface area contributed by atoms with Gasteiger partial charge in [0.25, 0.3) is 0 Å². The minimum atomic E-state index is 0.386. The standard InChI is InChI=1S/C26H31Cl2N3/c1-4-31(5-2)16-8-9-19(3)29-26-18-22(14-12-20-10-6-7-11-24(20)28)30-25-17-21(27)13-15-23(25)26/h6-7,10-15,17-19H,4-5,8-9,16H2,1-3H3,(H,29,30)/p+2/b14-12+/t19-/m1/s1. The lowest BCUT2D eigenvalue weighted by Crippen LogP contribution is -3.11. The second kappa shape index (κ2) is 11.5. The molecule has 1 heterocycles. The predicted molar refractivity (Wildman–Crippen MR) is 135 cm³/mol. The molecule has 31 heavy (non-hydrogen) atoms. The Morgan fingerprint density at radius 1 is 1.03 bits per heavy atom. The van der Waals surface area contributed by atoms with Crippen molar-refractivity contribution in [3.8, 4) is 0 Å². The number of nitrogens with one attached hydrogen (secondary N) is 3. The molecular weight excluding hydrogens is 425 g/mol. The van der Waals surface area contributed by atoms with Crippen molar-refractivity contribution in [3.05, 3.63) is 69.8 Å². The number of hydrogen-bond acceptors (Lipinski definition) is 1. The van der Waals surface area contributed by atoms with E-state index in [2.05, 4.69) is 49.3 Å². The summed E-state index contributed by atoms with van der Waals surface area (Å²) in [4.78, 5) is 5.15. The van der Waals surface area contributed by atoms with Gasteiger partial charge in [0.2, 0.25) is 11.2 Å². The molecule has 0 unspecified atom stereocenters. The summed E-state index contributed by atoms with van der Waals surface area (Å²) >= 11 is 12.6. The molecule has 3 N–H and O–H groups in total. The van der Waals surface area contributed by atoms with Gasteiger partial charge in [0, 0.05) is 34.3 Å². The highest BCUT2D eigenvalue weighted by Gasteiger charge is 2.14. The van der Waals surface area contributed by atoms with E-state index in [-0.39, 0.29) is 0 Å². The van der Waals surface area contributed by atoms with Crippen LogP contribution in [0.3, 0.4) is 0 Å². The fourth-order valence-electron chi connectivity index (χ4n) is 3.88. The SMILES string of the molecule is CC[NH+](CC)CCC[C@@H](C)Nc1cc(/C=C/c2ccccc2Cl)[nH+]c2cc(Cl)ccc12. The lowest BCUT2D eigenvalue weighted by atomic mass is 10.1. The van der Waals surface area contributed by atoms with Gasteiger partial charge < -0.3 is 10.2 Å². The molecular formula is C26H33Cl2N3+2. The minimum Gasteiger partial charge on any atom is -0.382 e. The first kappa shape index (κ1) is 23.6. The number of aromatic amines is 1. The summed E-state index contributed by atoms with van der Waals surface area (Å²) < 4.78 is 0. The van der Waals surface area contributed by atoms with Gasteiger partial charge in [-0.15, -0.1) is 0 Å². The molecule has 0 bridgehead atoms. The number of anilines is 1. The van der Waals surface area contributed by atoms with Gasteiger partial charge in [0.1, 0.15) is 0 Å². The molecule has 164 valence electrons. The molecule has 1 aromatic heterocycles. The summed E-state index contributed by atoms with van der Waals surface area (Å²) in [6.45, 7) is 10.4. The number of rotatable bonds is 10. The van der Waals surface area contributed by atoms with Crippen LogP contribution in [0.2, 0.25) is 10.0 Å². The number of H-pyrrole nitrogens is 1. The van der Waals surface area contributed by atoms with E-state index in [1.807, 2.05) is 42.5 Å². The van der Waals surface area contributed by atoms with Crippen molar-refractivity contribution in [1.82, 2.24) is 0 Å². The number of pyridine rings is 1. The Morgan fingerprint density at radius 3 is 2.55 bits per heavy atom. The quantitative estimate of drug-likeness (QED) is 0.405. The normalized spacial score (nSPS) is 12.7. The fraction of sp³-hybridized carbons (Fsp3) is 0.346. The molecule has 0 aliphatic rings. The van der Waals surface area contributed by atoms with E-state index in [0.717, 1.165) is 44.3 Å². The molecule has 0 saturated heterocycles. The molecule has 0 radical (unpaired) electrons. The Morgan fingerprint density at radius 2 is 1.81 bits per heavy atom. The maximum atomic E-state index is 6.31. The summed E-state index contributed by atoms with van der Waals surface area (Å²) in [5.74, 6) is 0. The highest BCUT2D eigenvalue weighted by Crippen LogP contribution is 2.26. The summed E-state index contributed by atoms with van der Waals surface area (Å²) in [5.41, 5.74) is 4.12. The Bertz CT molecular complexity index is 1030. The average Bonchev–Trinajstić information content (AvgIpc) is 2.76. The van der Waals surface area contributed by atoms with Crippen LogP contribution in [-0.2, 0) is 0 Å². The summed E-state index contributed by atoms with van der Waals surface area (Å²) in [6.07, 6.45) is 6.45. The molecule has 0 spiro atoms. The van der Waals surface area contributed by atoms with E-state index in [9.17, 15) is 0 Å². The topological polar surface area (TPSA) is 30.6 Å². The highest BCUT2D eigenvalue weighted by molar-refractivity contribution is 6.32. The first-order valence-corrected chi connectivity index (χ1v) is 11.9. The molecule has 0 aliphatic heterocycles. The first-order chi connectivity index (χ1) is 15.0. The zero-order chi connectivity index (χ0) is 22.2. The van der Waals surface area contributed by atoms with Gasteiger partial charge >= 0.3 is 0 Å². The number of quaternary nitrogens is 1. The largest absolute Gasteiger partial charge is 0.382 e. The molecule has 2 aromatic carbocycles. The lowest BCUT2D eigenvalue weighted by Gasteiger charge is -2.19. The zero-order valence-electron chi connectivity index (χ0n) is 18.6. The van der Waals surface area contributed by atoms with Crippen LogP contribution in [0.1, 0.15) is 44.9 Å². The van der Waals surface area contributed by atoms with Crippen LogP contribution in [0.5, 0.6) is 0 Å². The van der Waals surface area contributed by atoms with Crippen LogP contribution in [0, 0.1) is 0 Å². The summed E-state index contributed by atoms with van der Waals surface area (Å²) in [7, 11) is 0. The van der Waals surface area contributed by atoms with Crippen molar-refractivity contribution in [2.45, 2.75) is 39.7 Å². The smallest absolute Gasteiger partial charge is 0.214 e. The monoisotopic (exact) mass is 457 g/mol. The van der Waals surface area contributed by atoms with Gasteiger partial charge in [0.05, 0.1) is 30.7 Å². The van der Waals surface area contributed by atoms with E-state index in [4.69, 9.17) is 23.2 Å². The molecule has 5 heteroatoms. The molecule has 1 atom stereocenters. The second-order valence-electron chi connectivity index (χ2n) is 8.08. The van der Waals surface area contributed by atoms with E-state index in [1.54, 1.807) is 4.90 Å². The average molecular weight is 458 g/mol. The van der Waals surface area contributed by atoms with Crippen LogP contribution in [-0.4, -0.2) is 25.7 Å². The molecule has 0 amide bonds. The zero-order valence-corrected chi connectivity index (χ0v) is 20.2. The van der Waals surface area contributed by atoms with Crippen molar-refractivity contribution in [1.29, 1.82) is 0 Å². The van der Waals surface area contributed by atoms with Crippen LogP contribution in [0.4, 0.5) is 5.69 Å². The fourth-order valence-corrected chi connectivity index (χ4v) is 4.25. The maximum absolute atomic E-state index is 6.31. The Kier molecular flexibility index (Phi) is 8.77. The van der Waals surface area contributed by atoms with Crippen LogP contribution in [0.25, 0.3) is 23.1 Å². The van der Waals surface area contributed by atoms with Crippen molar-refractivity contribution >= 4 is 51.9 Å². The molecule has 3 aromatic rings. The van der Waals surface area contributed by atoms with Crippen LogP contribution < -0.4 is 15.2 Å². The Hall–Kier alpha value is -2.07. The van der Waals surface area contributed by atoms with E-state index >= 15 is 0 Å². The number of aromatic nitrogens is 1. The lowest BCUT2D eigenvalue weighted by molar-refractivity contribution is -0.896. The van der Waals surface area contributed by atoms with Crippen molar-refractivity contribution in [2.75, 3.05) is 25.0 Å². The molecule has 0 fully saturated rings. The number of benzene rings is 2.